The van der Waals surface area contributed by atoms with Crippen LogP contribution in [-0.4, -0.2) is 11.7 Å². The Labute approximate surface area is 122 Å². The van der Waals surface area contributed by atoms with Crippen molar-refractivity contribution in [3.63, 3.8) is 0 Å². The van der Waals surface area contributed by atoms with Crippen LogP contribution < -0.4 is 0 Å². The lowest BCUT2D eigenvalue weighted by Gasteiger charge is -2.43. The summed E-state index contributed by atoms with van der Waals surface area (Å²) in [6.45, 7) is 4.40. The summed E-state index contributed by atoms with van der Waals surface area (Å²) in [6, 6.07) is 0. The first-order valence-corrected chi connectivity index (χ1v) is 8.11. The van der Waals surface area contributed by atoms with E-state index in [9.17, 15) is 4.79 Å². The van der Waals surface area contributed by atoms with Gasteiger partial charge in [-0.2, -0.15) is 0 Å². The topological polar surface area (TPSA) is 38.7 Å². The summed E-state index contributed by atoms with van der Waals surface area (Å²) >= 11 is 4.47. The van der Waals surface area contributed by atoms with Gasteiger partial charge >= 0.3 is 6.09 Å². The molecule has 0 spiro atoms. The van der Waals surface area contributed by atoms with Crippen LogP contribution in [0.15, 0.2) is 4.36 Å². The zero-order valence-electron chi connectivity index (χ0n) is 12.3. The Morgan fingerprint density at radius 2 is 2.11 bits per heavy atom. The standard InChI is InChI=1S/C15H27NO2S/c1-3-5-6-8-11-15(18-14(17)16-19)12-9-7-10-13(15)4-2/h13H,3-12H2,1-2H3. The van der Waals surface area contributed by atoms with Gasteiger partial charge in [0.1, 0.15) is 5.60 Å². The first kappa shape index (κ1) is 16.5. The Hall–Kier alpha value is -0.510. The van der Waals surface area contributed by atoms with Gasteiger partial charge in [-0.25, -0.2) is 4.79 Å². The second-order valence-electron chi connectivity index (χ2n) is 5.69. The van der Waals surface area contributed by atoms with Crippen molar-refractivity contribution >= 4 is 18.5 Å². The maximum Gasteiger partial charge on any atom is 0.445 e. The van der Waals surface area contributed by atoms with Crippen molar-refractivity contribution in [2.75, 3.05) is 0 Å². The zero-order valence-corrected chi connectivity index (χ0v) is 13.1. The molecule has 2 atom stereocenters. The molecule has 0 saturated heterocycles. The van der Waals surface area contributed by atoms with Gasteiger partial charge in [0.25, 0.3) is 0 Å². The van der Waals surface area contributed by atoms with Crippen LogP contribution in [0.25, 0.3) is 0 Å². The molecule has 1 saturated carbocycles. The van der Waals surface area contributed by atoms with Crippen molar-refractivity contribution < 1.29 is 9.53 Å². The molecule has 1 aliphatic rings. The SMILES string of the molecule is CCCCCCC1(OC(=O)N=S)CCCCC1CC. The highest BCUT2D eigenvalue weighted by Crippen LogP contribution is 2.42. The quantitative estimate of drug-likeness (QED) is 0.606. The number of amides is 1. The van der Waals surface area contributed by atoms with Gasteiger partial charge in [0, 0.05) is 12.4 Å². The summed E-state index contributed by atoms with van der Waals surface area (Å²) in [5, 5.41) is 0. The number of ether oxygens (including phenoxy) is 1. The molecule has 0 aromatic heterocycles. The minimum Gasteiger partial charge on any atom is -0.440 e. The molecule has 0 aromatic carbocycles. The van der Waals surface area contributed by atoms with Gasteiger partial charge in [0.15, 0.2) is 0 Å². The Morgan fingerprint density at radius 3 is 2.74 bits per heavy atom. The van der Waals surface area contributed by atoms with E-state index in [1.807, 2.05) is 0 Å². The highest BCUT2D eigenvalue weighted by atomic mass is 32.1. The minimum absolute atomic E-state index is 0.292. The summed E-state index contributed by atoms with van der Waals surface area (Å²) in [6.07, 6.45) is 10.9. The molecule has 0 N–H and O–H groups in total. The van der Waals surface area contributed by atoms with E-state index in [2.05, 4.69) is 30.6 Å². The van der Waals surface area contributed by atoms with Gasteiger partial charge in [-0.3, -0.25) is 0 Å². The average Bonchev–Trinajstić information content (AvgIpc) is 2.44. The molecule has 0 aliphatic heterocycles. The molecule has 110 valence electrons. The molecule has 0 aromatic rings. The van der Waals surface area contributed by atoms with Crippen LogP contribution in [0.3, 0.4) is 0 Å². The van der Waals surface area contributed by atoms with Crippen molar-refractivity contribution in [2.24, 2.45) is 10.3 Å². The summed E-state index contributed by atoms with van der Waals surface area (Å²) in [4.78, 5) is 11.5. The molecule has 1 aliphatic carbocycles. The van der Waals surface area contributed by atoms with Gasteiger partial charge in [-0.15, -0.1) is 4.36 Å². The molecular weight excluding hydrogens is 258 g/mol. The maximum atomic E-state index is 11.5. The van der Waals surface area contributed by atoms with E-state index in [1.165, 1.54) is 25.7 Å². The smallest absolute Gasteiger partial charge is 0.440 e. The van der Waals surface area contributed by atoms with E-state index < -0.39 is 6.09 Å². The van der Waals surface area contributed by atoms with Crippen LogP contribution >= 0.6 is 0 Å². The molecule has 0 heterocycles. The fourth-order valence-electron chi connectivity index (χ4n) is 3.42. The highest BCUT2D eigenvalue weighted by molar-refractivity contribution is 7.47. The van der Waals surface area contributed by atoms with Crippen molar-refractivity contribution in [2.45, 2.75) is 83.7 Å². The first-order valence-electron chi connectivity index (χ1n) is 7.75. The molecule has 1 amide bonds. The fourth-order valence-corrected chi connectivity index (χ4v) is 3.45. The second-order valence-corrected chi connectivity index (χ2v) is 5.87. The lowest BCUT2D eigenvalue weighted by atomic mass is 9.71. The van der Waals surface area contributed by atoms with Crippen LogP contribution in [0.1, 0.15) is 78.1 Å². The number of rotatable bonds is 7. The van der Waals surface area contributed by atoms with Crippen LogP contribution in [-0.2, 0) is 17.2 Å². The normalized spacial score (nSPS) is 26.9. The largest absolute Gasteiger partial charge is 0.445 e. The third kappa shape index (κ3) is 4.83. The van der Waals surface area contributed by atoms with Gasteiger partial charge in [-0.05, 0) is 44.4 Å². The third-order valence-corrected chi connectivity index (χ3v) is 4.61. The summed E-state index contributed by atoms with van der Waals surface area (Å²) in [5.74, 6) is 0.476. The maximum absolute atomic E-state index is 11.5. The number of hydrogen-bond donors (Lipinski definition) is 0. The van der Waals surface area contributed by atoms with Crippen LogP contribution in [0, 0.1) is 5.92 Å². The zero-order chi connectivity index (χ0) is 14.1. The predicted octanol–water partition coefficient (Wildman–Crippen LogP) is 5.16. The molecule has 3 nitrogen and oxygen atoms in total. The molecule has 0 radical (unpaired) electrons. The molecule has 0 bridgehead atoms. The van der Waals surface area contributed by atoms with Crippen LogP contribution in [0.4, 0.5) is 4.79 Å². The second kappa shape index (κ2) is 8.62. The Balaban J connectivity index is 2.69. The van der Waals surface area contributed by atoms with E-state index in [0.29, 0.717) is 5.92 Å². The number of carbonyl (C=O) groups is 1. The van der Waals surface area contributed by atoms with Crippen molar-refractivity contribution in [1.82, 2.24) is 0 Å². The molecule has 19 heavy (non-hydrogen) atoms. The van der Waals surface area contributed by atoms with Crippen molar-refractivity contribution in [1.29, 1.82) is 0 Å². The van der Waals surface area contributed by atoms with E-state index in [4.69, 9.17) is 4.74 Å². The van der Waals surface area contributed by atoms with E-state index in [0.717, 1.165) is 38.5 Å². The minimum atomic E-state index is -0.564. The Kier molecular flexibility index (Phi) is 7.51. The Bertz CT molecular complexity index is 296. The summed E-state index contributed by atoms with van der Waals surface area (Å²) < 4.78 is 8.97. The number of carbonyl (C=O) groups excluding carboxylic acids is 1. The van der Waals surface area contributed by atoms with Gasteiger partial charge in [0.05, 0.1) is 0 Å². The lowest BCUT2D eigenvalue weighted by molar-refractivity contribution is -0.0645. The molecule has 2 unspecified atom stereocenters. The average molecular weight is 285 g/mol. The highest BCUT2D eigenvalue weighted by Gasteiger charge is 2.42. The summed E-state index contributed by atoms with van der Waals surface area (Å²) in [5.41, 5.74) is -0.292. The number of hydrogen-bond acceptors (Lipinski definition) is 3. The van der Waals surface area contributed by atoms with E-state index >= 15 is 0 Å². The monoisotopic (exact) mass is 285 g/mol. The van der Waals surface area contributed by atoms with Gasteiger partial charge < -0.3 is 4.74 Å². The van der Waals surface area contributed by atoms with Crippen LogP contribution in [0.2, 0.25) is 0 Å². The van der Waals surface area contributed by atoms with Gasteiger partial charge in [0.2, 0.25) is 0 Å². The summed E-state index contributed by atoms with van der Waals surface area (Å²) in [7, 11) is 0. The molecular formula is C15H27NO2S. The van der Waals surface area contributed by atoms with Gasteiger partial charge in [-0.1, -0.05) is 39.5 Å². The van der Waals surface area contributed by atoms with E-state index in [-0.39, 0.29) is 5.60 Å². The molecule has 1 fully saturated rings. The predicted molar refractivity (Wildman–Crippen MR) is 80.0 cm³/mol. The van der Waals surface area contributed by atoms with Crippen LogP contribution in [0.5, 0.6) is 0 Å². The molecule has 1 rings (SSSR count). The fraction of sp³-hybridized carbons (Fsp3) is 0.933. The molecule has 4 heteroatoms. The van der Waals surface area contributed by atoms with Crippen molar-refractivity contribution in [3.8, 4) is 0 Å². The van der Waals surface area contributed by atoms with E-state index in [1.54, 1.807) is 0 Å². The van der Waals surface area contributed by atoms with Crippen molar-refractivity contribution in [3.05, 3.63) is 0 Å². The third-order valence-electron chi connectivity index (χ3n) is 4.46. The lowest BCUT2D eigenvalue weighted by Crippen LogP contribution is -2.44. The Morgan fingerprint density at radius 1 is 1.32 bits per heavy atom. The number of unbranched alkanes of at least 4 members (excludes halogenated alkanes) is 3. The number of nitrogens with zero attached hydrogens (tertiary/aromatic N) is 1. The first-order chi connectivity index (χ1) is 9.18.